The van der Waals surface area contributed by atoms with Crippen molar-refractivity contribution in [2.45, 2.75) is 24.6 Å². The zero-order valence-corrected chi connectivity index (χ0v) is 16.8. The zero-order valence-electron chi connectivity index (χ0n) is 12.9. The summed E-state index contributed by atoms with van der Waals surface area (Å²) >= 11 is 12.7. The molecule has 0 heterocycles. The van der Waals surface area contributed by atoms with E-state index in [4.69, 9.17) is 22.1 Å². The van der Waals surface area contributed by atoms with Crippen molar-refractivity contribution in [2.24, 2.45) is 10.7 Å². The summed E-state index contributed by atoms with van der Waals surface area (Å²) in [5, 5.41) is -0.760. The Labute approximate surface area is 162 Å². The summed E-state index contributed by atoms with van der Waals surface area (Å²) in [5.74, 6) is 0.0864. The number of ketones is 2. The Hall–Kier alpha value is -0.760. The van der Waals surface area contributed by atoms with Crippen LogP contribution in [-0.4, -0.2) is 42.4 Å². The van der Waals surface area contributed by atoms with E-state index in [1.165, 1.54) is 0 Å². The molecular formula is C16H17Br2ClN2O3. The topological polar surface area (TPSA) is 81.8 Å². The van der Waals surface area contributed by atoms with Crippen LogP contribution in [0, 0.1) is 0 Å². The van der Waals surface area contributed by atoms with Crippen LogP contribution in [0.4, 0.5) is 0 Å². The quantitative estimate of drug-likeness (QED) is 0.480. The van der Waals surface area contributed by atoms with Gasteiger partial charge in [-0.2, -0.15) is 0 Å². The molecule has 8 heteroatoms. The van der Waals surface area contributed by atoms with Crippen LogP contribution in [0.15, 0.2) is 26.1 Å². The van der Waals surface area contributed by atoms with E-state index >= 15 is 0 Å². The number of hydrogen-bond acceptors (Lipinski definition) is 5. The van der Waals surface area contributed by atoms with Gasteiger partial charge < -0.3 is 10.5 Å². The fourth-order valence-electron chi connectivity index (χ4n) is 2.25. The molecule has 130 valence electrons. The largest absolute Gasteiger partial charge is 0.491 e. The van der Waals surface area contributed by atoms with E-state index in [9.17, 15) is 9.59 Å². The number of ether oxygens (including phenoxy) is 1. The van der Waals surface area contributed by atoms with Crippen LogP contribution >= 0.6 is 43.5 Å². The third kappa shape index (κ3) is 4.88. The summed E-state index contributed by atoms with van der Waals surface area (Å²) in [7, 11) is 0. The van der Waals surface area contributed by atoms with Crippen LogP contribution in [0.2, 0.25) is 0 Å². The van der Waals surface area contributed by atoms with E-state index < -0.39 is 5.38 Å². The van der Waals surface area contributed by atoms with Crippen LogP contribution in [-0.2, 0) is 16.0 Å². The lowest BCUT2D eigenvalue weighted by molar-refractivity contribution is -0.112. The number of carbonyl (C=O) groups excluding carboxylic acids is 2. The molecule has 1 aromatic carbocycles. The van der Waals surface area contributed by atoms with Crippen molar-refractivity contribution < 1.29 is 14.3 Å². The molecular weight excluding hydrogens is 463 g/mol. The summed E-state index contributed by atoms with van der Waals surface area (Å²) in [6.07, 6.45) is 1.42. The van der Waals surface area contributed by atoms with Gasteiger partial charge in [0.05, 0.1) is 15.6 Å². The maximum Gasteiger partial charge on any atom is 0.202 e. The smallest absolute Gasteiger partial charge is 0.202 e. The average Bonchev–Trinajstić information content (AvgIpc) is 2.76. The highest BCUT2D eigenvalue weighted by molar-refractivity contribution is 9.11. The van der Waals surface area contributed by atoms with Crippen molar-refractivity contribution in [3.05, 3.63) is 26.6 Å². The summed E-state index contributed by atoms with van der Waals surface area (Å²) in [6, 6.07) is 3.87. The number of rotatable bonds is 7. The lowest BCUT2D eigenvalue weighted by atomic mass is 10.1. The van der Waals surface area contributed by atoms with Gasteiger partial charge in [-0.3, -0.25) is 14.6 Å². The minimum atomic E-state index is -0.760. The number of halogens is 3. The predicted molar refractivity (Wildman–Crippen MR) is 101 cm³/mol. The number of nitrogens with zero attached hydrogens (tertiary/aromatic N) is 1. The molecule has 0 radical (unpaired) electrons. The van der Waals surface area contributed by atoms with Crippen molar-refractivity contribution in [3.8, 4) is 5.75 Å². The Kier molecular flexibility index (Phi) is 7.40. The molecule has 2 N–H and O–H groups in total. The monoisotopic (exact) mass is 478 g/mol. The van der Waals surface area contributed by atoms with Crippen molar-refractivity contribution >= 4 is 60.7 Å². The van der Waals surface area contributed by atoms with Gasteiger partial charge in [-0.25, -0.2) is 0 Å². The third-order valence-corrected chi connectivity index (χ3v) is 5.00. The van der Waals surface area contributed by atoms with Crippen molar-refractivity contribution in [3.63, 3.8) is 0 Å². The Morgan fingerprint density at radius 3 is 2.50 bits per heavy atom. The van der Waals surface area contributed by atoms with E-state index in [0.29, 0.717) is 26.1 Å². The third-order valence-electron chi connectivity index (χ3n) is 3.47. The summed E-state index contributed by atoms with van der Waals surface area (Å²) in [4.78, 5) is 27.5. The van der Waals surface area contributed by atoms with Crippen molar-refractivity contribution in [2.75, 3.05) is 19.7 Å². The average molecular weight is 481 g/mol. The van der Waals surface area contributed by atoms with Gasteiger partial charge in [0.1, 0.15) is 16.8 Å². The molecule has 2 rings (SSSR count). The first kappa shape index (κ1) is 19.6. The number of Topliss-reactive ketones (excluding diaryl/α,β-unsaturated/α-hetero) is 2. The molecule has 5 nitrogen and oxygen atoms in total. The van der Waals surface area contributed by atoms with Crippen LogP contribution in [0.1, 0.15) is 18.4 Å². The number of nitrogens with two attached hydrogens (primary N) is 1. The summed E-state index contributed by atoms with van der Waals surface area (Å²) in [6.45, 7) is 1.47. The second-order valence-corrected chi connectivity index (χ2v) is 7.55. The van der Waals surface area contributed by atoms with Gasteiger partial charge in [0.2, 0.25) is 5.78 Å². The summed E-state index contributed by atoms with van der Waals surface area (Å²) in [5.41, 5.74) is 6.46. The molecule has 0 amide bonds. The fraction of sp³-hybridized carbons (Fsp3) is 0.438. The maximum atomic E-state index is 11.7. The second kappa shape index (κ2) is 9.08. The van der Waals surface area contributed by atoms with Gasteiger partial charge in [0.25, 0.3) is 0 Å². The molecule has 0 aromatic heterocycles. The van der Waals surface area contributed by atoms with Crippen LogP contribution < -0.4 is 10.5 Å². The Bertz CT molecular complexity index is 656. The van der Waals surface area contributed by atoms with Crippen LogP contribution in [0.5, 0.6) is 5.75 Å². The molecule has 1 atom stereocenters. The molecule has 1 aliphatic rings. The van der Waals surface area contributed by atoms with Gasteiger partial charge in [0.15, 0.2) is 5.78 Å². The molecule has 0 aliphatic heterocycles. The Balaban J connectivity index is 2.01. The highest BCUT2D eigenvalue weighted by atomic mass is 79.9. The van der Waals surface area contributed by atoms with Gasteiger partial charge in [-0.15, -0.1) is 11.6 Å². The van der Waals surface area contributed by atoms with E-state index in [2.05, 4.69) is 36.9 Å². The normalized spacial score (nSPS) is 19.3. The van der Waals surface area contributed by atoms with Gasteiger partial charge in [0, 0.05) is 13.0 Å². The SMILES string of the molecule is NCCCOc1c(Br)cc(CCN=C2C(=O)CC(Cl)C2=O)cc1Br. The minimum absolute atomic E-state index is 0.00475. The molecule has 1 fully saturated rings. The molecule has 0 spiro atoms. The molecule has 0 saturated heterocycles. The van der Waals surface area contributed by atoms with Crippen LogP contribution in [0.3, 0.4) is 0 Å². The molecule has 1 aliphatic carbocycles. The summed E-state index contributed by atoms with van der Waals surface area (Å²) < 4.78 is 7.33. The molecule has 1 saturated carbocycles. The maximum absolute atomic E-state index is 11.7. The fourth-order valence-corrected chi connectivity index (χ4v) is 4.01. The molecule has 1 unspecified atom stereocenters. The standard InChI is InChI=1S/C16H17Br2ClN2O3/c17-10-6-9(7-11(18)16(10)24-5-1-3-20)2-4-21-14-13(22)8-12(19)15(14)23/h6-7,12H,1-5,8,20H2. The first-order valence-electron chi connectivity index (χ1n) is 7.50. The van der Waals surface area contributed by atoms with Gasteiger partial charge >= 0.3 is 0 Å². The highest BCUT2D eigenvalue weighted by Gasteiger charge is 2.36. The van der Waals surface area contributed by atoms with Gasteiger partial charge in [-0.05, 0) is 68.9 Å². The molecule has 1 aromatic rings. The lowest BCUT2D eigenvalue weighted by Crippen LogP contribution is -2.17. The lowest BCUT2D eigenvalue weighted by Gasteiger charge is -2.11. The minimum Gasteiger partial charge on any atom is -0.491 e. The number of hydrogen-bond donors (Lipinski definition) is 1. The first-order valence-corrected chi connectivity index (χ1v) is 9.53. The van der Waals surface area contributed by atoms with Crippen molar-refractivity contribution in [1.29, 1.82) is 0 Å². The number of benzene rings is 1. The van der Waals surface area contributed by atoms with E-state index in [-0.39, 0.29) is 23.7 Å². The molecule has 0 bridgehead atoms. The Morgan fingerprint density at radius 2 is 1.96 bits per heavy atom. The zero-order chi connectivity index (χ0) is 17.7. The van der Waals surface area contributed by atoms with Gasteiger partial charge in [-0.1, -0.05) is 0 Å². The first-order chi connectivity index (χ1) is 11.4. The van der Waals surface area contributed by atoms with Crippen molar-refractivity contribution in [1.82, 2.24) is 0 Å². The second-order valence-electron chi connectivity index (χ2n) is 5.32. The highest BCUT2D eigenvalue weighted by Crippen LogP contribution is 2.35. The van der Waals surface area contributed by atoms with Crippen LogP contribution in [0.25, 0.3) is 0 Å². The van der Waals surface area contributed by atoms with E-state index in [1.807, 2.05) is 12.1 Å². The Morgan fingerprint density at radius 1 is 1.29 bits per heavy atom. The van der Waals surface area contributed by atoms with E-state index in [1.54, 1.807) is 0 Å². The van der Waals surface area contributed by atoms with E-state index in [0.717, 1.165) is 26.7 Å². The number of alkyl halides is 1. The number of aliphatic imine (C=N–C) groups is 1. The molecule has 24 heavy (non-hydrogen) atoms. The predicted octanol–water partition coefficient (Wildman–Crippen LogP) is 3.07. The number of carbonyl (C=O) groups is 2.